The SMILES string of the molecule is CCCc1nccn1-c1nc(N)nc(-n2ccnc2)n1. The van der Waals surface area contributed by atoms with Crippen LogP contribution in [0.1, 0.15) is 19.2 Å². The molecule has 102 valence electrons. The number of imidazole rings is 2. The summed E-state index contributed by atoms with van der Waals surface area (Å²) < 4.78 is 3.50. The Morgan fingerprint density at radius 2 is 1.95 bits per heavy atom. The molecule has 0 atom stereocenters. The molecule has 0 aliphatic rings. The fraction of sp³-hybridized carbons (Fsp3) is 0.250. The van der Waals surface area contributed by atoms with E-state index < -0.39 is 0 Å². The van der Waals surface area contributed by atoms with Gasteiger partial charge in [-0.25, -0.2) is 9.97 Å². The number of aryl methyl sites for hydroxylation is 1. The van der Waals surface area contributed by atoms with Crippen LogP contribution in [0.4, 0.5) is 5.95 Å². The van der Waals surface area contributed by atoms with Crippen molar-refractivity contribution in [2.45, 2.75) is 19.8 Å². The molecule has 0 aliphatic carbocycles. The molecule has 0 saturated heterocycles. The number of rotatable bonds is 4. The quantitative estimate of drug-likeness (QED) is 0.751. The average Bonchev–Trinajstić information content (AvgIpc) is 3.09. The molecule has 3 aromatic heterocycles. The third-order valence-corrected chi connectivity index (χ3v) is 2.77. The van der Waals surface area contributed by atoms with Crippen LogP contribution in [-0.4, -0.2) is 34.1 Å². The first kappa shape index (κ1) is 12.3. The number of nitrogens with zero attached hydrogens (tertiary/aromatic N) is 7. The molecule has 3 aromatic rings. The van der Waals surface area contributed by atoms with E-state index in [9.17, 15) is 0 Å². The topological polar surface area (TPSA) is 100 Å². The molecule has 8 nitrogen and oxygen atoms in total. The highest BCUT2D eigenvalue weighted by atomic mass is 15.3. The van der Waals surface area contributed by atoms with E-state index in [0.717, 1.165) is 18.7 Å². The van der Waals surface area contributed by atoms with Crippen molar-refractivity contribution in [1.82, 2.24) is 34.1 Å². The van der Waals surface area contributed by atoms with Gasteiger partial charge in [0.25, 0.3) is 0 Å². The van der Waals surface area contributed by atoms with Crippen LogP contribution in [0.2, 0.25) is 0 Å². The second-order valence-electron chi connectivity index (χ2n) is 4.23. The summed E-state index contributed by atoms with van der Waals surface area (Å²) in [5.41, 5.74) is 5.77. The predicted octanol–water partition coefficient (Wildman–Crippen LogP) is 0.778. The third-order valence-electron chi connectivity index (χ3n) is 2.77. The standard InChI is InChI=1S/C12H14N8/c1-2-3-9-15-5-7-20(9)12-17-10(13)16-11(18-12)19-6-4-14-8-19/h4-8H,2-3H2,1H3,(H2,13,16,17,18). The van der Waals surface area contributed by atoms with E-state index in [0.29, 0.717) is 11.9 Å². The lowest BCUT2D eigenvalue weighted by molar-refractivity contribution is 0.768. The molecule has 3 rings (SSSR count). The molecule has 2 N–H and O–H groups in total. The van der Waals surface area contributed by atoms with E-state index in [1.807, 2.05) is 10.8 Å². The zero-order valence-corrected chi connectivity index (χ0v) is 11.0. The normalized spacial score (nSPS) is 10.8. The highest BCUT2D eigenvalue weighted by molar-refractivity contribution is 5.29. The van der Waals surface area contributed by atoms with Crippen molar-refractivity contribution < 1.29 is 0 Å². The number of anilines is 1. The van der Waals surface area contributed by atoms with Crippen LogP contribution in [0.15, 0.2) is 31.1 Å². The lowest BCUT2D eigenvalue weighted by atomic mass is 10.3. The van der Waals surface area contributed by atoms with Gasteiger partial charge in [-0.3, -0.25) is 9.13 Å². The number of aromatic nitrogens is 7. The maximum Gasteiger partial charge on any atom is 0.241 e. The Bertz CT molecular complexity index is 700. The van der Waals surface area contributed by atoms with Crippen molar-refractivity contribution in [3.63, 3.8) is 0 Å². The first-order valence-corrected chi connectivity index (χ1v) is 6.30. The molecule has 0 spiro atoms. The molecule has 0 aromatic carbocycles. The summed E-state index contributed by atoms with van der Waals surface area (Å²) in [5, 5.41) is 0. The molecule has 0 unspecified atom stereocenters. The van der Waals surface area contributed by atoms with Gasteiger partial charge in [-0.1, -0.05) is 6.92 Å². The van der Waals surface area contributed by atoms with E-state index in [2.05, 4.69) is 31.8 Å². The Morgan fingerprint density at radius 3 is 2.70 bits per heavy atom. The lowest BCUT2D eigenvalue weighted by Gasteiger charge is -2.08. The maximum atomic E-state index is 5.77. The summed E-state index contributed by atoms with van der Waals surface area (Å²) >= 11 is 0. The monoisotopic (exact) mass is 270 g/mol. The second-order valence-corrected chi connectivity index (χ2v) is 4.23. The fourth-order valence-electron chi connectivity index (χ4n) is 1.89. The molecule has 0 fully saturated rings. The van der Waals surface area contributed by atoms with E-state index in [4.69, 9.17) is 5.73 Å². The minimum absolute atomic E-state index is 0.162. The summed E-state index contributed by atoms with van der Waals surface area (Å²) in [5.74, 6) is 1.95. The molecular weight excluding hydrogens is 256 g/mol. The van der Waals surface area contributed by atoms with Gasteiger partial charge in [0.2, 0.25) is 17.8 Å². The van der Waals surface area contributed by atoms with Gasteiger partial charge < -0.3 is 5.73 Å². The van der Waals surface area contributed by atoms with Crippen LogP contribution in [0.5, 0.6) is 0 Å². The summed E-state index contributed by atoms with van der Waals surface area (Å²) in [6.45, 7) is 2.09. The zero-order valence-electron chi connectivity index (χ0n) is 11.0. The molecule has 0 saturated carbocycles. The van der Waals surface area contributed by atoms with Crippen molar-refractivity contribution in [2.24, 2.45) is 0 Å². The smallest absolute Gasteiger partial charge is 0.241 e. The molecule has 0 bridgehead atoms. The number of hydrogen-bond acceptors (Lipinski definition) is 6. The zero-order chi connectivity index (χ0) is 13.9. The summed E-state index contributed by atoms with van der Waals surface area (Å²) in [4.78, 5) is 21.0. The van der Waals surface area contributed by atoms with Gasteiger partial charge in [-0.05, 0) is 6.42 Å². The van der Waals surface area contributed by atoms with Gasteiger partial charge in [0.1, 0.15) is 12.2 Å². The molecule has 0 radical (unpaired) electrons. The minimum Gasteiger partial charge on any atom is -0.368 e. The van der Waals surface area contributed by atoms with E-state index in [-0.39, 0.29) is 5.95 Å². The highest BCUT2D eigenvalue weighted by Gasteiger charge is 2.11. The minimum atomic E-state index is 0.162. The van der Waals surface area contributed by atoms with Crippen molar-refractivity contribution in [2.75, 3.05) is 5.73 Å². The summed E-state index contributed by atoms with van der Waals surface area (Å²) in [6, 6.07) is 0. The van der Waals surface area contributed by atoms with Gasteiger partial charge in [0.15, 0.2) is 0 Å². The van der Waals surface area contributed by atoms with Crippen LogP contribution in [0, 0.1) is 0 Å². The van der Waals surface area contributed by atoms with E-state index >= 15 is 0 Å². The summed E-state index contributed by atoms with van der Waals surface area (Å²) in [6.07, 6.45) is 10.4. The van der Waals surface area contributed by atoms with Crippen LogP contribution >= 0.6 is 0 Å². The number of hydrogen-bond donors (Lipinski definition) is 1. The average molecular weight is 270 g/mol. The third kappa shape index (κ3) is 2.22. The predicted molar refractivity (Wildman–Crippen MR) is 72.5 cm³/mol. The fourth-order valence-corrected chi connectivity index (χ4v) is 1.89. The second kappa shape index (κ2) is 5.08. The van der Waals surface area contributed by atoms with Crippen LogP contribution < -0.4 is 5.73 Å². The molecule has 0 amide bonds. The molecular formula is C12H14N8. The van der Waals surface area contributed by atoms with Crippen LogP contribution in [0.25, 0.3) is 11.9 Å². The first-order valence-electron chi connectivity index (χ1n) is 6.30. The van der Waals surface area contributed by atoms with Crippen LogP contribution in [0.3, 0.4) is 0 Å². The van der Waals surface area contributed by atoms with Gasteiger partial charge in [-0.15, -0.1) is 0 Å². The Morgan fingerprint density at radius 1 is 1.10 bits per heavy atom. The Hall–Kier alpha value is -2.77. The van der Waals surface area contributed by atoms with Crippen molar-refractivity contribution >= 4 is 5.95 Å². The molecule has 0 aliphatic heterocycles. The summed E-state index contributed by atoms with van der Waals surface area (Å²) in [7, 11) is 0. The Balaban J connectivity index is 2.08. The number of nitrogen functional groups attached to an aromatic ring is 1. The van der Waals surface area contributed by atoms with E-state index in [1.54, 1.807) is 29.5 Å². The maximum absolute atomic E-state index is 5.77. The van der Waals surface area contributed by atoms with Gasteiger partial charge in [0.05, 0.1) is 0 Å². The van der Waals surface area contributed by atoms with Crippen LogP contribution in [-0.2, 0) is 6.42 Å². The van der Waals surface area contributed by atoms with Gasteiger partial charge in [0, 0.05) is 31.2 Å². The van der Waals surface area contributed by atoms with Crippen molar-refractivity contribution in [3.8, 4) is 11.9 Å². The van der Waals surface area contributed by atoms with Gasteiger partial charge in [-0.2, -0.15) is 15.0 Å². The number of nitrogens with two attached hydrogens (primary N) is 1. The lowest BCUT2D eigenvalue weighted by Crippen LogP contribution is -2.12. The van der Waals surface area contributed by atoms with Crippen molar-refractivity contribution in [3.05, 3.63) is 36.9 Å². The van der Waals surface area contributed by atoms with Crippen molar-refractivity contribution in [1.29, 1.82) is 0 Å². The first-order chi connectivity index (χ1) is 9.78. The van der Waals surface area contributed by atoms with E-state index in [1.165, 1.54) is 0 Å². The Labute approximate surface area is 115 Å². The van der Waals surface area contributed by atoms with Gasteiger partial charge >= 0.3 is 0 Å². The highest BCUT2D eigenvalue weighted by Crippen LogP contribution is 2.11. The largest absolute Gasteiger partial charge is 0.368 e. The molecule has 20 heavy (non-hydrogen) atoms. The molecule has 3 heterocycles. The molecule has 8 heteroatoms. The Kier molecular flexibility index (Phi) is 3.12.